The van der Waals surface area contributed by atoms with E-state index in [1.165, 1.54) is 0 Å². The fraction of sp³-hybridized carbons (Fsp3) is 0.304. The molecule has 3 rings (SSSR count). The minimum Gasteiger partial charge on any atom is -0.507 e. The highest BCUT2D eigenvalue weighted by atomic mass is 79.9. The van der Waals surface area contributed by atoms with Crippen LogP contribution in [0.5, 0.6) is 0 Å². The van der Waals surface area contributed by atoms with Crippen LogP contribution in [0.15, 0.2) is 58.6 Å². The summed E-state index contributed by atoms with van der Waals surface area (Å²) < 4.78 is 0.920. The van der Waals surface area contributed by atoms with Crippen LogP contribution in [0, 0.1) is 6.92 Å². The van der Waals surface area contributed by atoms with E-state index in [2.05, 4.69) is 22.9 Å². The molecule has 1 amide bonds. The predicted octanol–water partition coefficient (Wildman–Crippen LogP) is 5.37. The third-order valence-corrected chi connectivity index (χ3v) is 5.98. The molecular weight excluding hydrogens is 418 g/mol. The van der Waals surface area contributed by atoms with E-state index in [0.717, 1.165) is 34.9 Å². The number of aryl methyl sites for hydroxylation is 1. The molecule has 28 heavy (non-hydrogen) atoms. The number of amides is 1. The van der Waals surface area contributed by atoms with Crippen LogP contribution in [-0.4, -0.2) is 28.2 Å². The second-order valence-corrected chi connectivity index (χ2v) is 7.93. The van der Waals surface area contributed by atoms with E-state index in [9.17, 15) is 14.7 Å². The third kappa shape index (κ3) is 3.90. The molecule has 4 nitrogen and oxygen atoms in total. The Balaban J connectivity index is 2.12. The fourth-order valence-corrected chi connectivity index (χ4v) is 3.82. The van der Waals surface area contributed by atoms with E-state index >= 15 is 0 Å². The standard InChI is InChI=1S/C23H24BrNO3/c1-3-4-8-13-25-20(16-9-6-5-7-10-16)19(22(27)23(25)28)21(26)17-11-12-18(24)15(2)14-17/h5-7,9-12,14,20,26H,3-4,8,13H2,1-2H3/b21-19-. The smallest absolute Gasteiger partial charge is 0.295 e. The molecule has 2 aromatic carbocycles. The second kappa shape index (κ2) is 8.74. The van der Waals surface area contributed by atoms with Crippen molar-refractivity contribution in [1.29, 1.82) is 0 Å². The zero-order valence-corrected chi connectivity index (χ0v) is 17.7. The van der Waals surface area contributed by atoms with Gasteiger partial charge in [-0.3, -0.25) is 9.59 Å². The van der Waals surface area contributed by atoms with Crippen molar-refractivity contribution in [3.05, 3.63) is 75.3 Å². The molecule has 146 valence electrons. The molecule has 0 spiro atoms. The van der Waals surface area contributed by atoms with Gasteiger partial charge >= 0.3 is 0 Å². The first-order chi connectivity index (χ1) is 13.5. The van der Waals surface area contributed by atoms with Gasteiger partial charge in [0.2, 0.25) is 0 Å². The number of hydrogen-bond donors (Lipinski definition) is 1. The number of likely N-dealkylation sites (tertiary alicyclic amines) is 1. The van der Waals surface area contributed by atoms with Crippen LogP contribution in [0.3, 0.4) is 0 Å². The highest BCUT2D eigenvalue weighted by molar-refractivity contribution is 9.10. The van der Waals surface area contributed by atoms with Crippen molar-refractivity contribution >= 4 is 33.4 Å². The number of aliphatic hydroxyl groups is 1. The Labute approximate surface area is 174 Å². The minimum absolute atomic E-state index is 0.124. The quantitative estimate of drug-likeness (QED) is 0.283. The summed E-state index contributed by atoms with van der Waals surface area (Å²) >= 11 is 3.45. The van der Waals surface area contributed by atoms with Crippen LogP contribution >= 0.6 is 15.9 Å². The molecule has 0 radical (unpaired) electrons. The maximum Gasteiger partial charge on any atom is 0.295 e. The number of unbranched alkanes of at least 4 members (excludes halogenated alkanes) is 2. The third-order valence-electron chi connectivity index (χ3n) is 5.09. The molecule has 2 aromatic rings. The van der Waals surface area contributed by atoms with Crippen LogP contribution < -0.4 is 0 Å². The largest absolute Gasteiger partial charge is 0.507 e. The van der Waals surface area contributed by atoms with Crippen LogP contribution in [0.25, 0.3) is 5.76 Å². The summed E-state index contributed by atoms with van der Waals surface area (Å²) in [5.74, 6) is -1.29. The molecule has 1 N–H and O–H groups in total. The van der Waals surface area contributed by atoms with E-state index < -0.39 is 17.7 Å². The molecule has 0 aromatic heterocycles. The lowest BCUT2D eigenvalue weighted by Crippen LogP contribution is -2.30. The van der Waals surface area contributed by atoms with Crippen molar-refractivity contribution in [3.8, 4) is 0 Å². The van der Waals surface area contributed by atoms with E-state index in [1.807, 2.05) is 49.4 Å². The molecule has 1 aliphatic rings. The number of halogens is 1. The Hall–Kier alpha value is -2.40. The van der Waals surface area contributed by atoms with Gasteiger partial charge in [-0.2, -0.15) is 0 Å². The molecule has 1 fully saturated rings. The van der Waals surface area contributed by atoms with Gasteiger partial charge in [-0.15, -0.1) is 0 Å². The number of Topliss-reactive ketones (excluding diaryl/α,β-unsaturated/α-hetero) is 1. The van der Waals surface area contributed by atoms with Gasteiger partial charge in [0.05, 0.1) is 11.6 Å². The van der Waals surface area contributed by atoms with Crippen molar-refractivity contribution in [2.24, 2.45) is 0 Å². The fourth-order valence-electron chi connectivity index (χ4n) is 3.57. The highest BCUT2D eigenvalue weighted by Gasteiger charge is 2.45. The second-order valence-electron chi connectivity index (χ2n) is 7.07. The summed E-state index contributed by atoms with van der Waals surface area (Å²) in [7, 11) is 0. The maximum atomic E-state index is 12.9. The summed E-state index contributed by atoms with van der Waals surface area (Å²) in [6.45, 7) is 4.51. The lowest BCUT2D eigenvalue weighted by molar-refractivity contribution is -0.139. The Kier molecular flexibility index (Phi) is 6.35. The Morgan fingerprint density at radius 3 is 2.46 bits per heavy atom. The molecule has 0 bridgehead atoms. The van der Waals surface area contributed by atoms with Crippen molar-refractivity contribution < 1.29 is 14.7 Å². The average Bonchev–Trinajstić information content (AvgIpc) is 2.95. The average molecular weight is 442 g/mol. The molecule has 0 saturated carbocycles. The minimum atomic E-state index is -0.622. The molecule has 1 atom stereocenters. The van der Waals surface area contributed by atoms with Gasteiger partial charge in [0, 0.05) is 16.6 Å². The summed E-state index contributed by atoms with van der Waals surface area (Å²) in [5, 5.41) is 11.0. The van der Waals surface area contributed by atoms with Gasteiger partial charge in [-0.1, -0.05) is 72.1 Å². The van der Waals surface area contributed by atoms with E-state index in [0.29, 0.717) is 12.1 Å². The van der Waals surface area contributed by atoms with Crippen LogP contribution in [-0.2, 0) is 9.59 Å². The Morgan fingerprint density at radius 1 is 1.11 bits per heavy atom. The first-order valence-corrected chi connectivity index (χ1v) is 10.3. The molecule has 5 heteroatoms. The Bertz CT molecular complexity index is 921. The predicted molar refractivity (Wildman–Crippen MR) is 114 cm³/mol. The van der Waals surface area contributed by atoms with Crippen molar-refractivity contribution in [3.63, 3.8) is 0 Å². The van der Waals surface area contributed by atoms with Gasteiger partial charge in [-0.25, -0.2) is 0 Å². The number of aliphatic hydroxyl groups excluding tert-OH is 1. The molecular formula is C23H24BrNO3. The maximum absolute atomic E-state index is 12.9. The molecule has 1 unspecified atom stereocenters. The zero-order valence-electron chi connectivity index (χ0n) is 16.1. The summed E-state index contributed by atoms with van der Waals surface area (Å²) in [5.41, 5.74) is 2.47. The van der Waals surface area contributed by atoms with Gasteiger partial charge in [0.1, 0.15) is 5.76 Å². The van der Waals surface area contributed by atoms with E-state index in [-0.39, 0.29) is 11.3 Å². The molecule has 0 aliphatic carbocycles. The van der Waals surface area contributed by atoms with Crippen molar-refractivity contribution in [1.82, 2.24) is 4.90 Å². The molecule has 1 aliphatic heterocycles. The van der Waals surface area contributed by atoms with Gasteiger partial charge in [-0.05, 0) is 36.6 Å². The van der Waals surface area contributed by atoms with Crippen LogP contribution in [0.4, 0.5) is 0 Å². The Morgan fingerprint density at radius 2 is 1.82 bits per heavy atom. The molecule has 1 saturated heterocycles. The van der Waals surface area contributed by atoms with Gasteiger partial charge < -0.3 is 10.0 Å². The number of ketones is 1. The molecule has 1 heterocycles. The number of benzene rings is 2. The van der Waals surface area contributed by atoms with Crippen molar-refractivity contribution in [2.75, 3.05) is 6.54 Å². The first-order valence-electron chi connectivity index (χ1n) is 9.55. The van der Waals surface area contributed by atoms with Gasteiger partial charge in [0.15, 0.2) is 0 Å². The highest BCUT2D eigenvalue weighted by Crippen LogP contribution is 2.39. The zero-order chi connectivity index (χ0) is 20.3. The lowest BCUT2D eigenvalue weighted by atomic mass is 9.95. The SMILES string of the molecule is CCCCCN1C(=O)C(=O)/C(=C(\O)c2ccc(Br)c(C)c2)C1c1ccccc1. The van der Waals surface area contributed by atoms with Gasteiger partial charge in [0.25, 0.3) is 11.7 Å². The van der Waals surface area contributed by atoms with E-state index in [4.69, 9.17) is 0 Å². The summed E-state index contributed by atoms with van der Waals surface area (Å²) in [4.78, 5) is 27.3. The topological polar surface area (TPSA) is 57.6 Å². The summed E-state index contributed by atoms with van der Waals surface area (Å²) in [6.07, 6.45) is 2.83. The number of carbonyl (C=O) groups is 2. The summed E-state index contributed by atoms with van der Waals surface area (Å²) in [6, 6.07) is 14.3. The normalized spacial score (nSPS) is 18.7. The number of carbonyl (C=O) groups excluding carboxylic acids is 2. The number of nitrogens with zero attached hydrogens (tertiary/aromatic N) is 1. The van der Waals surface area contributed by atoms with Crippen LogP contribution in [0.2, 0.25) is 0 Å². The first kappa shape index (κ1) is 20.3. The van der Waals surface area contributed by atoms with E-state index in [1.54, 1.807) is 11.0 Å². The van der Waals surface area contributed by atoms with Crippen LogP contribution in [0.1, 0.15) is 48.9 Å². The lowest BCUT2D eigenvalue weighted by Gasteiger charge is -2.25. The number of rotatable bonds is 6. The van der Waals surface area contributed by atoms with Crippen molar-refractivity contribution in [2.45, 2.75) is 39.2 Å². The monoisotopic (exact) mass is 441 g/mol. The number of hydrogen-bond acceptors (Lipinski definition) is 3.